The molecule has 1 saturated heterocycles. The number of hydrogen-bond donors (Lipinski definition) is 2. The molecule has 110 valence electrons. The molecule has 0 aliphatic carbocycles. The zero-order chi connectivity index (χ0) is 14.5. The standard InChI is InChI=1S/C16H25N3O/c1-12-3-5-14(6-4-12)13(2)18-16(20)11-19-9-7-15(17)8-10-19/h3-6,13,15H,7-11,17H2,1-2H3,(H,18,20)/t13-/m1/s1. The Morgan fingerprint density at radius 3 is 2.55 bits per heavy atom. The van der Waals surface area contributed by atoms with E-state index in [-0.39, 0.29) is 11.9 Å². The van der Waals surface area contributed by atoms with Crippen molar-refractivity contribution in [3.63, 3.8) is 0 Å². The van der Waals surface area contributed by atoms with Crippen LogP contribution in [0.5, 0.6) is 0 Å². The van der Waals surface area contributed by atoms with Crippen LogP contribution in [-0.4, -0.2) is 36.5 Å². The molecule has 4 nitrogen and oxygen atoms in total. The van der Waals surface area contributed by atoms with E-state index >= 15 is 0 Å². The van der Waals surface area contributed by atoms with Gasteiger partial charge in [-0.1, -0.05) is 29.8 Å². The lowest BCUT2D eigenvalue weighted by molar-refractivity contribution is -0.123. The topological polar surface area (TPSA) is 58.4 Å². The van der Waals surface area contributed by atoms with E-state index in [2.05, 4.69) is 41.4 Å². The van der Waals surface area contributed by atoms with Crippen molar-refractivity contribution in [2.45, 2.75) is 38.8 Å². The molecule has 0 unspecified atom stereocenters. The lowest BCUT2D eigenvalue weighted by Gasteiger charge is -2.29. The van der Waals surface area contributed by atoms with Crippen LogP contribution in [0.15, 0.2) is 24.3 Å². The summed E-state index contributed by atoms with van der Waals surface area (Å²) < 4.78 is 0. The Balaban J connectivity index is 1.80. The van der Waals surface area contributed by atoms with Crippen molar-refractivity contribution in [3.05, 3.63) is 35.4 Å². The summed E-state index contributed by atoms with van der Waals surface area (Å²) in [6.07, 6.45) is 1.97. The quantitative estimate of drug-likeness (QED) is 0.877. The average Bonchev–Trinajstić information content (AvgIpc) is 2.42. The van der Waals surface area contributed by atoms with Crippen molar-refractivity contribution >= 4 is 5.91 Å². The van der Waals surface area contributed by atoms with Gasteiger partial charge in [0.2, 0.25) is 5.91 Å². The van der Waals surface area contributed by atoms with Crippen LogP contribution in [0, 0.1) is 6.92 Å². The molecule has 3 N–H and O–H groups in total. The summed E-state index contributed by atoms with van der Waals surface area (Å²) >= 11 is 0. The predicted octanol–water partition coefficient (Wildman–Crippen LogP) is 1.60. The van der Waals surface area contributed by atoms with Crippen molar-refractivity contribution in [2.75, 3.05) is 19.6 Å². The third-order valence-electron chi connectivity index (χ3n) is 3.95. The summed E-state index contributed by atoms with van der Waals surface area (Å²) in [6.45, 7) is 6.41. The van der Waals surface area contributed by atoms with Crippen LogP contribution >= 0.6 is 0 Å². The van der Waals surface area contributed by atoms with E-state index in [1.54, 1.807) is 0 Å². The minimum absolute atomic E-state index is 0.0511. The first-order valence-corrected chi connectivity index (χ1v) is 7.38. The third-order valence-corrected chi connectivity index (χ3v) is 3.95. The number of carbonyl (C=O) groups is 1. The van der Waals surface area contributed by atoms with Gasteiger partial charge in [0.25, 0.3) is 0 Å². The first-order valence-electron chi connectivity index (χ1n) is 7.38. The lowest BCUT2D eigenvalue weighted by Crippen LogP contribution is -2.44. The number of amides is 1. The number of piperidine rings is 1. The van der Waals surface area contributed by atoms with Gasteiger partial charge in [-0.25, -0.2) is 0 Å². The van der Waals surface area contributed by atoms with Crippen LogP contribution in [0.1, 0.15) is 36.9 Å². The van der Waals surface area contributed by atoms with Gasteiger partial charge in [0.05, 0.1) is 12.6 Å². The molecule has 0 spiro atoms. The van der Waals surface area contributed by atoms with Crippen molar-refractivity contribution < 1.29 is 4.79 Å². The predicted molar refractivity (Wildman–Crippen MR) is 81.4 cm³/mol. The fourth-order valence-electron chi connectivity index (χ4n) is 2.54. The zero-order valence-electron chi connectivity index (χ0n) is 12.4. The summed E-state index contributed by atoms with van der Waals surface area (Å²) in [5, 5.41) is 3.06. The monoisotopic (exact) mass is 275 g/mol. The number of nitrogens with one attached hydrogen (secondary N) is 1. The number of nitrogens with two attached hydrogens (primary N) is 1. The minimum Gasteiger partial charge on any atom is -0.348 e. The number of nitrogens with zero attached hydrogens (tertiary/aromatic N) is 1. The fraction of sp³-hybridized carbons (Fsp3) is 0.562. The van der Waals surface area contributed by atoms with Crippen LogP contribution in [0.3, 0.4) is 0 Å². The van der Waals surface area contributed by atoms with E-state index in [1.165, 1.54) is 5.56 Å². The molecular weight excluding hydrogens is 250 g/mol. The Kier molecular flexibility index (Phi) is 5.15. The molecular formula is C16H25N3O. The van der Waals surface area contributed by atoms with Gasteiger partial charge in [0.1, 0.15) is 0 Å². The molecule has 0 radical (unpaired) electrons. The van der Waals surface area contributed by atoms with Crippen LogP contribution in [0.4, 0.5) is 0 Å². The van der Waals surface area contributed by atoms with Gasteiger partial charge in [-0.05, 0) is 32.3 Å². The highest BCUT2D eigenvalue weighted by atomic mass is 16.2. The Labute approximate surface area is 121 Å². The van der Waals surface area contributed by atoms with Crippen LogP contribution in [0.25, 0.3) is 0 Å². The molecule has 0 aromatic heterocycles. The molecule has 0 saturated carbocycles. The van der Waals surface area contributed by atoms with Crippen molar-refractivity contribution in [2.24, 2.45) is 5.73 Å². The normalized spacial score (nSPS) is 18.8. The maximum Gasteiger partial charge on any atom is 0.234 e. The van der Waals surface area contributed by atoms with Crippen molar-refractivity contribution in [1.29, 1.82) is 0 Å². The van der Waals surface area contributed by atoms with Crippen LogP contribution in [0.2, 0.25) is 0 Å². The Morgan fingerprint density at radius 2 is 1.95 bits per heavy atom. The first-order chi connectivity index (χ1) is 9.54. The average molecular weight is 275 g/mol. The maximum atomic E-state index is 12.1. The highest BCUT2D eigenvalue weighted by Gasteiger charge is 2.19. The summed E-state index contributed by atoms with van der Waals surface area (Å²) in [5.41, 5.74) is 8.25. The number of carbonyl (C=O) groups excluding carboxylic acids is 1. The van der Waals surface area contributed by atoms with E-state index in [1.807, 2.05) is 6.92 Å². The summed E-state index contributed by atoms with van der Waals surface area (Å²) in [6, 6.07) is 8.64. The molecule has 2 rings (SSSR count). The van der Waals surface area contributed by atoms with Gasteiger partial charge in [0, 0.05) is 19.1 Å². The summed E-state index contributed by atoms with van der Waals surface area (Å²) in [7, 11) is 0. The molecule has 20 heavy (non-hydrogen) atoms. The van der Waals surface area contributed by atoms with Crippen LogP contribution < -0.4 is 11.1 Å². The molecule has 1 aromatic carbocycles. The smallest absolute Gasteiger partial charge is 0.234 e. The number of likely N-dealkylation sites (tertiary alicyclic amines) is 1. The number of rotatable bonds is 4. The second-order valence-electron chi connectivity index (χ2n) is 5.81. The third kappa shape index (κ3) is 4.32. The molecule has 1 aliphatic heterocycles. The van der Waals surface area contributed by atoms with E-state index in [9.17, 15) is 4.79 Å². The van der Waals surface area contributed by atoms with Crippen LogP contribution in [-0.2, 0) is 4.79 Å². The molecule has 1 fully saturated rings. The van der Waals surface area contributed by atoms with E-state index < -0.39 is 0 Å². The Hall–Kier alpha value is -1.39. The first kappa shape index (κ1) is 15.0. The van der Waals surface area contributed by atoms with Gasteiger partial charge in [-0.3, -0.25) is 9.69 Å². The number of aryl methyl sites for hydroxylation is 1. The van der Waals surface area contributed by atoms with Gasteiger partial charge >= 0.3 is 0 Å². The minimum atomic E-state index is 0.0511. The lowest BCUT2D eigenvalue weighted by atomic mass is 10.1. The molecule has 0 bridgehead atoms. The second kappa shape index (κ2) is 6.86. The van der Waals surface area contributed by atoms with E-state index in [0.29, 0.717) is 12.6 Å². The van der Waals surface area contributed by atoms with Crippen molar-refractivity contribution in [3.8, 4) is 0 Å². The van der Waals surface area contributed by atoms with Gasteiger partial charge < -0.3 is 11.1 Å². The summed E-state index contributed by atoms with van der Waals surface area (Å²) in [4.78, 5) is 14.2. The van der Waals surface area contributed by atoms with E-state index in [0.717, 1.165) is 31.5 Å². The van der Waals surface area contributed by atoms with Gasteiger partial charge in [0.15, 0.2) is 0 Å². The molecule has 4 heteroatoms. The highest BCUT2D eigenvalue weighted by Crippen LogP contribution is 2.13. The van der Waals surface area contributed by atoms with Gasteiger partial charge in [-0.2, -0.15) is 0 Å². The SMILES string of the molecule is Cc1ccc([C@@H](C)NC(=O)CN2CCC(N)CC2)cc1. The Morgan fingerprint density at radius 1 is 1.35 bits per heavy atom. The number of hydrogen-bond acceptors (Lipinski definition) is 3. The molecule has 1 aliphatic rings. The molecule has 1 atom stereocenters. The fourth-order valence-corrected chi connectivity index (χ4v) is 2.54. The summed E-state index contributed by atoms with van der Waals surface area (Å²) in [5.74, 6) is 0.0912. The van der Waals surface area contributed by atoms with E-state index in [4.69, 9.17) is 5.73 Å². The number of benzene rings is 1. The second-order valence-corrected chi connectivity index (χ2v) is 5.81. The molecule has 1 heterocycles. The molecule has 1 aromatic rings. The largest absolute Gasteiger partial charge is 0.348 e. The maximum absolute atomic E-state index is 12.1. The Bertz CT molecular complexity index is 436. The molecule has 1 amide bonds. The highest BCUT2D eigenvalue weighted by molar-refractivity contribution is 5.78. The zero-order valence-corrected chi connectivity index (χ0v) is 12.4. The van der Waals surface area contributed by atoms with Gasteiger partial charge in [-0.15, -0.1) is 0 Å². The van der Waals surface area contributed by atoms with Crippen molar-refractivity contribution in [1.82, 2.24) is 10.2 Å².